The van der Waals surface area contributed by atoms with Crippen LogP contribution in [0.5, 0.6) is 0 Å². The standard InChI is InChI=1S/2C12H17NO2/c2*1-5-8-9-6-13(7-10(8)9)11(14)15-12(2,3)4/h2*1,8-10H,6-7H2,2-4H3/t2*8?,9-,10+. The fraction of sp³-hybridized carbons (Fsp3) is 0.750. The smallest absolute Gasteiger partial charge is 0.410 e. The molecule has 0 aromatic heterocycles. The Labute approximate surface area is 180 Å². The van der Waals surface area contributed by atoms with Crippen LogP contribution in [0, 0.1) is 60.2 Å². The number of carbonyl (C=O) groups is 2. The van der Waals surface area contributed by atoms with Crippen LogP contribution >= 0.6 is 0 Å². The van der Waals surface area contributed by atoms with Crippen LogP contribution in [0.4, 0.5) is 9.59 Å². The number of terminal acetylenes is 2. The van der Waals surface area contributed by atoms with E-state index in [2.05, 4.69) is 11.8 Å². The van der Waals surface area contributed by atoms with E-state index in [9.17, 15) is 9.59 Å². The van der Waals surface area contributed by atoms with Crippen LogP contribution in [0.25, 0.3) is 0 Å². The van der Waals surface area contributed by atoms with Crippen molar-refractivity contribution >= 4 is 12.2 Å². The quantitative estimate of drug-likeness (QED) is 0.570. The summed E-state index contributed by atoms with van der Waals surface area (Å²) < 4.78 is 10.6. The van der Waals surface area contributed by atoms with E-state index >= 15 is 0 Å². The highest BCUT2D eigenvalue weighted by Gasteiger charge is 2.57. The summed E-state index contributed by atoms with van der Waals surface area (Å²) in [5.74, 6) is 8.47. The molecule has 6 heteroatoms. The SMILES string of the molecule is C#CC1[C@H]2CN(C(=O)OC(C)(C)C)C[C@@H]12.C#CC1[C@H]2CN(C(=O)OC(C)(C)C)C[C@@H]12. The Morgan fingerprint density at radius 2 is 0.967 bits per heavy atom. The van der Waals surface area contributed by atoms with Gasteiger partial charge in [-0.3, -0.25) is 0 Å². The van der Waals surface area contributed by atoms with Gasteiger partial charge >= 0.3 is 12.2 Å². The summed E-state index contributed by atoms with van der Waals surface area (Å²) in [6.45, 7) is 14.4. The third-order valence-corrected chi connectivity index (χ3v) is 6.08. The molecular weight excluding hydrogens is 380 g/mol. The van der Waals surface area contributed by atoms with Crippen LogP contribution in [-0.2, 0) is 9.47 Å². The number of amides is 2. The van der Waals surface area contributed by atoms with Crippen LogP contribution < -0.4 is 0 Å². The third kappa shape index (κ3) is 5.04. The molecule has 0 aromatic rings. The molecule has 30 heavy (non-hydrogen) atoms. The third-order valence-electron chi connectivity index (χ3n) is 6.08. The predicted molar refractivity (Wildman–Crippen MR) is 114 cm³/mol. The molecule has 6 nitrogen and oxygen atoms in total. The molecule has 4 fully saturated rings. The Bertz CT molecular complexity index is 689. The van der Waals surface area contributed by atoms with Crippen molar-refractivity contribution in [3.63, 3.8) is 0 Å². The number of piperidine rings is 2. The van der Waals surface area contributed by atoms with Crippen LogP contribution in [-0.4, -0.2) is 59.4 Å². The maximum absolute atomic E-state index is 11.7. The number of nitrogens with zero attached hydrogens (tertiary/aromatic N) is 2. The van der Waals surface area contributed by atoms with Crippen molar-refractivity contribution in [3.8, 4) is 24.7 Å². The lowest BCUT2D eigenvalue weighted by atomic mass is 10.2. The van der Waals surface area contributed by atoms with E-state index in [0.29, 0.717) is 35.5 Å². The Balaban J connectivity index is 0.000000171. The first kappa shape index (κ1) is 22.3. The highest BCUT2D eigenvalue weighted by molar-refractivity contribution is 5.69. The number of hydrogen-bond donors (Lipinski definition) is 0. The maximum atomic E-state index is 11.7. The van der Waals surface area contributed by atoms with Gasteiger partial charge in [0, 0.05) is 38.0 Å². The average Bonchev–Trinajstić information content (AvgIpc) is 3.28. The van der Waals surface area contributed by atoms with Crippen molar-refractivity contribution in [2.45, 2.75) is 52.7 Å². The van der Waals surface area contributed by atoms with Crippen LogP contribution in [0.3, 0.4) is 0 Å². The Kier molecular flexibility index (Phi) is 5.76. The molecule has 4 aliphatic rings. The molecule has 164 valence electrons. The highest BCUT2D eigenvalue weighted by Crippen LogP contribution is 2.52. The summed E-state index contributed by atoms with van der Waals surface area (Å²) >= 11 is 0. The molecule has 0 spiro atoms. The fourth-order valence-electron chi connectivity index (χ4n) is 4.50. The summed E-state index contributed by atoms with van der Waals surface area (Å²) in [6.07, 6.45) is 10.3. The zero-order valence-electron chi connectivity index (χ0n) is 19.0. The number of ether oxygens (including phenoxy) is 2. The van der Waals surface area contributed by atoms with Gasteiger partial charge in [-0.05, 0) is 65.2 Å². The second-order valence-corrected chi connectivity index (χ2v) is 10.8. The van der Waals surface area contributed by atoms with E-state index in [1.165, 1.54) is 0 Å². The minimum absolute atomic E-state index is 0.203. The van der Waals surface area contributed by atoms with Crippen LogP contribution in [0.2, 0.25) is 0 Å². The molecule has 2 unspecified atom stereocenters. The topological polar surface area (TPSA) is 59.1 Å². The van der Waals surface area contributed by atoms with Gasteiger partial charge in [0.15, 0.2) is 0 Å². The van der Waals surface area contributed by atoms with Gasteiger partial charge in [0.05, 0.1) is 0 Å². The Morgan fingerprint density at radius 1 is 0.700 bits per heavy atom. The van der Waals surface area contributed by atoms with Crippen molar-refractivity contribution in [1.82, 2.24) is 9.80 Å². The first-order chi connectivity index (χ1) is 13.8. The summed E-state index contributed by atoms with van der Waals surface area (Å²) in [5, 5.41) is 0. The fourth-order valence-corrected chi connectivity index (χ4v) is 4.50. The second kappa shape index (κ2) is 7.73. The van der Waals surface area contributed by atoms with Crippen molar-refractivity contribution in [2.75, 3.05) is 26.2 Å². The number of rotatable bonds is 0. The molecule has 6 atom stereocenters. The Hall–Kier alpha value is -2.34. The van der Waals surface area contributed by atoms with Crippen molar-refractivity contribution in [3.05, 3.63) is 0 Å². The van der Waals surface area contributed by atoms with Gasteiger partial charge < -0.3 is 19.3 Å². The van der Waals surface area contributed by atoms with E-state index in [1.807, 2.05) is 41.5 Å². The first-order valence-electron chi connectivity index (χ1n) is 10.7. The monoisotopic (exact) mass is 414 g/mol. The molecular formula is C24H34N2O4. The van der Waals surface area contributed by atoms with Gasteiger partial charge in [0.1, 0.15) is 11.2 Å². The van der Waals surface area contributed by atoms with E-state index < -0.39 is 11.2 Å². The molecule has 2 amide bonds. The van der Waals surface area contributed by atoms with Crippen molar-refractivity contribution in [2.24, 2.45) is 35.5 Å². The average molecular weight is 415 g/mol. The van der Waals surface area contributed by atoms with E-state index in [-0.39, 0.29) is 12.2 Å². The van der Waals surface area contributed by atoms with Crippen molar-refractivity contribution in [1.29, 1.82) is 0 Å². The highest BCUT2D eigenvalue weighted by atomic mass is 16.6. The van der Waals surface area contributed by atoms with Crippen LogP contribution in [0.15, 0.2) is 0 Å². The lowest BCUT2D eigenvalue weighted by Crippen LogP contribution is -2.36. The zero-order chi connectivity index (χ0) is 22.4. The van der Waals surface area contributed by atoms with E-state index in [0.717, 1.165) is 26.2 Å². The zero-order valence-corrected chi connectivity index (χ0v) is 19.0. The molecule has 0 radical (unpaired) electrons. The van der Waals surface area contributed by atoms with Gasteiger partial charge in [-0.2, -0.15) is 0 Å². The summed E-state index contributed by atoms with van der Waals surface area (Å²) in [5.41, 5.74) is -0.815. The van der Waals surface area contributed by atoms with Crippen molar-refractivity contribution < 1.29 is 19.1 Å². The Morgan fingerprint density at radius 3 is 1.17 bits per heavy atom. The molecule has 0 aromatic carbocycles. The van der Waals surface area contributed by atoms with Gasteiger partial charge in [-0.15, -0.1) is 24.7 Å². The largest absolute Gasteiger partial charge is 0.444 e. The molecule has 2 aliphatic heterocycles. The number of fused-ring (bicyclic) bond motifs is 2. The minimum Gasteiger partial charge on any atom is -0.444 e. The first-order valence-corrected chi connectivity index (χ1v) is 10.7. The molecule has 0 N–H and O–H groups in total. The number of hydrogen-bond acceptors (Lipinski definition) is 4. The molecule has 2 saturated heterocycles. The molecule has 2 aliphatic carbocycles. The normalized spacial score (nSPS) is 33.2. The van der Waals surface area contributed by atoms with E-state index in [4.69, 9.17) is 22.3 Å². The second-order valence-electron chi connectivity index (χ2n) is 10.8. The summed E-state index contributed by atoms with van der Waals surface area (Å²) in [4.78, 5) is 26.9. The summed E-state index contributed by atoms with van der Waals surface area (Å²) in [7, 11) is 0. The van der Waals surface area contributed by atoms with Gasteiger partial charge in [-0.1, -0.05) is 0 Å². The maximum Gasteiger partial charge on any atom is 0.410 e. The lowest BCUT2D eigenvalue weighted by molar-refractivity contribution is 0.0259. The number of carbonyl (C=O) groups excluding carboxylic acids is 2. The number of likely N-dealkylation sites (tertiary alicyclic amines) is 2. The minimum atomic E-state index is -0.407. The molecule has 0 bridgehead atoms. The lowest BCUT2D eigenvalue weighted by Gasteiger charge is -2.25. The molecule has 2 heterocycles. The van der Waals surface area contributed by atoms with Gasteiger partial charge in [-0.25, -0.2) is 9.59 Å². The van der Waals surface area contributed by atoms with Gasteiger partial charge in [0.2, 0.25) is 0 Å². The van der Waals surface area contributed by atoms with E-state index in [1.54, 1.807) is 9.80 Å². The molecule has 2 saturated carbocycles. The van der Waals surface area contributed by atoms with Gasteiger partial charge in [0.25, 0.3) is 0 Å². The molecule has 4 rings (SSSR count). The van der Waals surface area contributed by atoms with Crippen LogP contribution in [0.1, 0.15) is 41.5 Å². The summed E-state index contributed by atoms with van der Waals surface area (Å²) in [6, 6.07) is 0. The predicted octanol–water partition coefficient (Wildman–Crippen LogP) is 3.47.